The second-order valence-corrected chi connectivity index (χ2v) is 12.0. The SMILES string of the molecule is O=C(OC[C@@]1(F)O[C@@H](n2cnc3c(N(C(=O)c4ccccc4)C(=O)c4ccccc4)nc([N+](=O)[O-])nc32)[C@H](OC(=O)c2ccccc2)[C@@H]1F)c1ccccc1. The molecule has 1 aliphatic heterocycles. The molecule has 2 amide bonds. The molecule has 0 bridgehead atoms. The first-order valence-electron chi connectivity index (χ1n) is 16.4. The van der Waals surface area contributed by atoms with Crippen molar-refractivity contribution in [1.29, 1.82) is 0 Å². The van der Waals surface area contributed by atoms with Gasteiger partial charge in [-0.1, -0.05) is 72.8 Å². The minimum absolute atomic E-state index is 0.000164. The number of alkyl halides is 2. The molecule has 0 N–H and O–H groups in total. The fourth-order valence-electron chi connectivity index (χ4n) is 5.78. The maximum atomic E-state index is 16.6. The number of fused-ring (bicyclic) bond motifs is 1. The Morgan fingerprint density at radius 2 is 1.27 bits per heavy atom. The van der Waals surface area contributed by atoms with Gasteiger partial charge in [0.05, 0.1) is 11.1 Å². The molecule has 0 aliphatic carbocycles. The average Bonchev–Trinajstić information content (AvgIpc) is 3.76. The number of rotatable bonds is 10. The van der Waals surface area contributed by atoms with Crippen LogP contribution in [-0.2, 0) is 14.2 Å². The summed E-state index contributed by atoms with van der Waals surface area (Å²) >= 11 is 0. The standard InChI is InChI=1S/C38H26F2N6O9/c39-29-28(54-36(50)26-19-11-4-12-20-26)34(55-38(29,40)21-53-35(49)25-17-9-3-10-18-25)44-22-41-27-30(44)42-37(46(51)52)43-31(27)45(32(47)23-13-5-1-6-14-23)33(48)24-15-7-2-8-16-24/h1-20,22,28-29,34H,21H2/t28-,29+,34-,38-/m1/s1. The normalized spacial score (nSPS) is 19.1. The minimum Gasteiger partial charge on any atom is -0.456 e. The lowest BCUT2D eigenvalue weighted by molar-refractivity contribution is -0.394. The lowest BCUT2D eigenvalue weighted by Crippen LogP contribution is -2.42. The number of esters is 2. The number of amides is 2. The van der Waals surface area contributed by atoms with Crippen LogP contribution in [0.5, 0.6) is 0 Å². The van der Waals surface area contributed by atoms with Crippen LogP contribution in [0, 0.1) is 10.1 Å². The van der Waals surface area contributed by atoms with Crippen LogP contribution in [0.15, 0.2) is 128 Å². The van der Waals surface area contributed by atoms with Gasteiger partial charge >= 0.3 is 17.9 Å². The zero-order chi connectivity index (χ0) is 38.7. The smallest absolute Gasteiger partial charge is 0.456 e. The lowest BCUT2D eigenvalue weighted by atomic mass is 10.1. The third-order valence-electron chi connectivity index (χ3n) is 8.45. The number of aromatic nitrogens is 4. The summed E-state index contributed by atoms with van der Waals surface area (Å²) in [7, 11) is 0. The van der Waals surface area contributed by atoms with E-state index in [1.165, 1.54) is 97.1 Å². The predicted octanol–water partition coefficient (Wildman–Crippen LogP) is 5.84. The van der Waals surface area contributed by atoms with E-state index in [9.17, 15) is 29.3 Å². The van der Waals surface area contributed by atoms with Crippen molar-refractivity contribution in [3.05, 3.63) is 160 Å². The molecule has 0 spiro atoms. The minimum atomic E-state index is -3.45. The van der Waals surface area contributed by atoms with Gasteiger partial charge in [-0.05, 0) is 63.4 Å². The molecule has 7 rings (SSSR count). The number of hydrogen-bond acceptors (Lipinski definition) is 12. The topological polar surface area (TPSA) is 186 Å². The largest absolute Gasteiger partial charge is 0.473 e. The van der Waals surface area contributed by atoms with Crippen molar-refractivity contribution in [2.75, 3.05) is 11.5 Å². The van der Waals surface area contributed by atoms with E-state index in [1.807, 2.05) is 0 Å². The molecule has 0 radical (unpaired) electrons. The first-order valence-corrected chi connectivity index (χ1v) is 16.4. The Labute approximate surface area is 308 Å². The van der Waals surface area contributed by atoms with E-state index in [-0.39, 0.29) is 22.3 Å². The number of benzene rings is 4. The highest BCUT2D eigenvalue weighted by molar-refractivity contribution is 6.27. The maximum Gasteiger partial charge on any atom is 0.473 e. The zero-order valence-corrected chi connectivity index (χ0v) is 28.2. The average molecular weight is 749 g/mol. The Kier molecular flexibility index (Phi) is 9.84. The van der Waals surface area contributed by atoms with Crippen LogP contribution in [0.1, 0.15) is 47.7 Å². The molecule has 4 atom stereocenters. The van der Waals surface area contributed by atoms with E-state index < -0.39 is 82.6 Å². The quantitative estimate of drug-likeness (QED) is 0.0707. The van der Waals surface area contributed by atoms with E-state index in [2.05, 4.69) is 15.0 Å². The molecule has 4 aromatic carbocycles. The predicted molar refractivity (Wildman–Crippen MR) is 187 cm³/mol. The van der Waals surface area contributed by atoms with Gasteiger partial charge in [0.25, 0.3) is 23.5 Å². The number of ether oxygens (including phenoxy) is 3. The zero-order valence-electron chi connectivity index (χ0n) is 28.2. The number of hydrogen-bond donors (Lipinski definition) is 0. The number of anilines is 1. The first kappa shape index (κ1) is 36.1. The number of imidazole rings is 1. The van der Waals surface area contributed by atoms with Gasteiger partial charge in [0, 0.05) is 11.1 Å². The van der Waals surface area contributed by atoms with Crippen LogP contribution >= 0.6 is 0 Å². The molecule has 15 nitrogen and oxygen atoms in total. The number of halogens is 2. The van der Waals surface area contributed by atoms with E-state index in [0.29, 0.717) is 4.90 Å². The fourth-order valence-corrected chi connectivity index (χ4v) is 5.78. The van der Waals surface area contributed by atoms with Crippen LogP contribution in [-0.4, -0.2) is 72.9 Å². The molecule has 3 heterocycles. The number of nitro groups is 1. The van der Waals surface area contributed by atoms with E-state index in [4.69, 9.17) is 14.2 Å². The molecule has 1 fully saturated rings. The van der Waals surface area contributed by atoms with Crippen LogP contribution in [0.3, 0.4) is 0 Å². The van der Waals surface area contributed by atoms with Gasteiger partial charge in [-0.3, -0.25) is 14.2 Å². The maximum absolute atomic E-state index is 16.6. The Balaban J connectivity index is 1.34. The molecular weight excluding hydrogens is 722 g/mol. The van der Waals surface area contributed by atoms with Gasteiger partial charge in [0.2, 0.25) is 11.8 Å². The van der Waals surface area contributed by atoms with Crippen LogP contribution in [0.4, 0.5) is 20.5 Å². The molecular formula is C38H26F2N6O9. The number of carbonyl (C=O) groups is 4. The molecule has 17 heteroatoms. The summed E-state index contributed by atoms with van der Waals surface area (Å²) in [6, 6.07) is 29.8. The molecule has 0 saturated carbocycles. The summed E-state index contributed by atoms with van der Waals surface area (Å²) in [5, 5.41) is 12.2. The van der Waals surface area contributed by atoms with Crippen LogP contribution in [0.2, 0.25) is 0 Å². The third kappa shape index (κ3) is 7.10. The molecule has 6 aromatic rings. The first-order chi connectivity index (χ1) is 26.6. The monoisotopic (exact) mass is 748 g/mol. The lowest BCUT2D eigenvalue weighted by Gasteiger charge is -2.21. The summed E-state index contributed by atoms with van der Waals surface area (Å²) in [5.74, 6) is -9.23. The molecule has 55 heavy (non-hydrogen) atoms. The van der Waals surface area contributed by atoms with Crippen molar-refractivity contribution in [3.63, 3.8) is 0 Å². The number of imide groups is 1. The molecule has 1 saturated heterocycles. The molecule has 0 unspecified atom stereocenters. The third-order valence-corrected chi connectivity index (χ3v) is 8.45. The Morgan fingerprint density at radius 1 is 0.782 bits per heavy atom. The van der Waals surface area contributed by atoms with E-state index in [0.717, 1.165) is 10.9 Å². The number of carbonyl (C=O) groups excluding carboxylic acids is 4. The summed E-state index contributed by atoms with van der Waals surface area (Å²) in [5.41, 5.74) is -0.948. The van der Waals surface area contributed by atoms with Gasteiger partial charge in [-0.25, -0.2) is 28.3 Å². The second-order valence-electron chi connectivity index (χ2n) is 12.0. The van der Waals surface area contributed by atoms with Gasteiger partial charge in [-0.15, -0.1) is 0 Å². The second kappa shape index (κ2) is 15.0. The van der Waals surface area contributed by atoms with Crippen molar-refractivity contribution < 1.29 is 47.1 Å². The molecule has 1 aliphatic rings. The van der Waals surface area contributed by atoms with Crippen molar-refractivity contribution >= 4 is 46.7 Å². The van der Waals surface area contributed by atoms with E-state index >= 15 is 8.78 Å². The van der Waals surface area contributed by atoms with Crippen molar-refractivity contribution in [3.8, 4) is 0 Å². The van der Waals surface area contributed by atoms with Crippen molar-refractivity contribution in [1.82, 2.24) is 19.5 Å². The summed E-state index contributed by atoms with van der Waals surface area (Å²) in [6.07, 6.45) is -6.06. The molecule has 2 aromatic heterocycles. The van der Waals surface area contributed by atoms with E-state index in [1.54, 1.807) is 24.3 Å². The van der Waals surface area contributed by atoms with Crippen LogP contribution < -0.4 is 4.90 Å². The Hall–Kier alpha value is -7.27. The highest BCUT2D eigenvalue weighted by Crippen LogP contribution is 2.44. The summed E-state index contributed by atoms with van der Waals surface area (Å²) in [6.45, 7) is -1.31. The van der Waals surface area contributed by atoms with Crippen LogP contribution in [0.25, 0.3) is 11.2 Å². The highest BCUT2D eigenvalue weighted by atomic mass is 19.2. The van der Waals surface area contributed by atoms with Crippen molar-refractivity contribution in [2.45, 2.75) is 24.4 Å². The van der Waals surface area contributed by atoms with Gasteiger partial charge < -0.3 is 24.3 Å². The van der Waals surface area contributed by atoms with Gasteiger partial charge in [0.1, 0.15) is 6.33 Å². The van der Waals surface area contributed by atoms with Crippen molar-refractivity contribution in [2.24, 2.45) is 0 Å². The summed E-state index contributed by atoms with van der Waals surface area (Å²) < 4.78 is 49.9. The van der Waals surface area contributed by atoms with Gasteiger partial charge in [-0.2, -0.15) is 0 Å². The Morgan fingerprint density at radius 3 is 1.78 bits per heavy atom. The fraction of sp³-hybridized carbons (Fsp3) is 0.132. The molecule has 276 valence electrons. The number of nitrogens with zero attached hydrogens (tertiary/aromatic N) is 6. The highest BCUT2D eigenvalue weighted by Gasteiger charge is 2.61. The Bertz CT molecular complexity index is 2350. The summed E-state index contributed by atoms with van der Waals surface area (Å²) in [4.78, 5) is 77.8. The van der Waals surface area contributed by atoms with Gasteiger partial charge in [0.15, 0.2) is 24.5 Å².